The number of rotatable bonds is 5. The van der Waals surface area contributed by atoms with Gasteiger partial charge in [-0.3, -0.25) is 0 Å². The van der Waals surface area contributed by atoms with Gasteiger partial charge in [0.05, 0.1) is 0 Å². The van der Waals surface area contributed by atoms with Crippen LogP contribution in [0.2, 0.25) is 0 Å². The molecule has 0 nitrogen and oxygen atoms in total. The molecular weight excluding hydrogens is 551 g/mol. The van der Waals surface area contributed by atoms with E-state index in [-0.39, 0.29) is 0 Å². The van der Waals surface area contributed by atoms with Crippen LogP contribution in [0, 0.1) is 11.8 Å². The lowest BCUT2D eigenvalue weighted by Crippen LogP contribution is -2.58. The third-order valence-electron chi connectivity index (χ3n) is 3.24. The van der Waals surface area contributed by atoms with Crippen LogP contribution in [-0.4, -0.2) is 40.5 Å². The third kappa shape index (κ3) is 6.04. The van der Waals surface area contributed by atoms with Gasteiger partial charge < -0.3 is 0 Å². The molecule has 0 aromatic rings. The molecule has 0 spiro atoms. The molecule has 0 heterocycles. The van der Waals surface area contributed by atoms with E-state index in [1.807, 2.05) is 0 Å². The Bertz CT molecular complexity index is 462. The molecule has 2 unspecified atom stereocenters. The van der Waals surface area contributed by atoms with Crippen molar-refractivity contribution in [1.82, 2.24) is 0 Å². The number of hydrogen-bond acceptors (Lipinski definition) is 0. The van der Waals surface area contributed by atoms with Gasteiger partial charge in [0.25, 0.3) is 5.67 Å². The van der Waals surface area contributed by atoms with Crippen molar-refractivity contribution in [3.63, 3.8) is 0 Å². The Hall–Kier alpha value is -0.390. The minimum absolute atomic E-state index is 0.427. The van der Waals surface area contributed by atoms with Gasteiger partial charge in [-0.05, 0) is 0 Å². The third-order valence-corrected chi connectivity index (χ3v) is 3.83. The molecule has 0 N–H and O–H groups in total. The molecule has 0 aromatic heterocycles. The summed E-state index contributed by atoms with van der Waals surface area (Å²) in [7, 11) is 0. The molecule has 2 atom stereocenters. The van der Waals surface area contributed by atoms with Crippen molar-refractivity contribution in [1.29, 1.82) is 0 Å². The maximum atomic E-state index is 13.5. The second kappa shape index (κ2) is 7.46. The number of alkyl halides is 17. The molecule has 0 amide bonds. The predicted molar refractivity (Wildman–Crippen MR) is 63.5 cm³/mol. The highest BCUT2D eigenvalue weighted by atomic mass is 127. The second-order valence-corrected chi connectivity index (χ2v) is 6.61. The lowest BCUT2D eigenvalue weighted by Gasteiger charge is -2.39. The smallest absolute Gasteiger partial charge is 0.240 e. The van der Waals surface area contributed by atoms with Crippen LogP contribution in [0.3, 0.4) is 0 Å². The van der Waals surface area contributed by atoms with E-state index in [1.165, 1.54) is 0 Å². The van der Waals surface area contributed by atoms with Gasteiger partial charge in [-0.25, -0.2) is 8.78 Å². The molecule has 17 heteroatoms. The van der Waals surface area contributed by atoms with Crippen LogP contribution in [0.25, 0.3) is 0 Å². The zero-order valence-corrected chi connectivity index (χ0v) is 14.0. The molecule has 0 aliphatic carbocycles. The monoisotopic (exact) mass is 556 g/mol. The Morgan fingerprint density at radius 2 is 0.889 bits per heavy atom. The van der Waals surface area contributed by atoms with Gasteiger partial charge in [-0.15, -0.1) is 0 Å². The average Bonchev–Trinajstić information content (AvgIpc) is 2.29. The van der Waals surface area contributed by atoms with Crippen LogP contribution < -0.4 is 0 Å². The van der Waals surface area contributed by atoms with E-state index in [0.29, 0.717) is 0 Å². The zero-order chi connectivity index (χ0) is 22.4. The van der Waals surface area contributed by atoms with E-state index in [1.54, 1.807) is 0 Å². The van der Waals surface area contributed by atoms with Gasteiger partial charge >= 0.3 is 28.6 Å². The fourth-order valence-corrected chi connectivity index (χ4v) is 2.48. The van der Waals surface area contributed by atoms with Crippen LogP contribution in [-0.2, 0) is 0 Å². The number of halogens is 17. The van der Waals surface area contributed by atoms with Crippen molar-refractivity contribution >= 4 is 22.6 Å². The van der Waals surface area contributed by atoms with Gasteiger partial charge in [0.1, 0.15) is 0 Å². The SMILES string of the molecule is FC(C(CC(F)(C(F)(F)F)C(F)(F)F)C(C(F)(F)F)C(F)(F)F)C(F)(F)I. The Balaban J connectivity index is 6.63. The first-order valence-corrected chi connectivity index (χ1v) is 7.12. The summed E-state index contributed by atoms with van der Waals surface area (Å²) in [5, 5.41) is 0. The number of hydrogen-bond donors (Lipinski definition) is 0. The van der Waals surface area contributed by atoms with Crippen molar-refractivity contribution < 1.29 is 70.2 Å². The summed E-state index contributed by atoms with van der Waals surface area (Å²) in [5.74, 6) is -10.2. The fourth-order valence-electron chi connectivity index (χ4n) is 2.02. The quantitative estimate of drug-likeness (QED) is 0.196. The normalized spacial score (nSPS) is 18.0. The van der Waals surface area contributed by atoms with Crippen LogP contribution >= 0.6 is 22.6 Å². The summed E-state index contributed by atoms with van der Waals surface area (Å²) in [6.07, 6.45) is -36.8. The minimum atomic E-state index is -7.18. The molecule has 0 bridgehead atoms. The Kier molecular flexibility index (Phi) is 7.35. The van der Waals surface area contributed by atoms with Crippen LogP contribution in [0.5, 0.6) is 0 Å². The molecule has 0 aliphatic rings. The maximum Gasteiger partial charge on any atom is 0.431 e. The average molecular weight is 556 g/mol. The molecule has 0 rings (SSSR count). The lowest BCUT2D eigenvalue weighted by atomic mass is 9.78. The lowest BCUT2D eigenvalue weighted by molar-refractivity contribution is -0.360. The van der Waals surface area contributed by atoms with Crippen LogP contribution in [0.4, 0.5) is 70.2 Å². The topological polar surface area (TPSA) is 0 Å². The van der Waals surface area contributed by atoms with E-state index in [9.17, 15) is 70.2 Å². The van der Waals surface area contributed by atoms with Gasteiger partial charge in [0.2, 0.25) is 0 Å². The van der Waals surface area contributed by atoms with Crippen molar-refractivity contribution in [3.05, 3.63) is 0 Å². The van der Waals surface area contributed by atoms with E-state index < -0.39 is 81.3 Å². The van der Waals surface area contributed by atoms with E-state index >= 15 is 0 Å². The molecule has 0 saturated heterocycles. The molecule has 27 heavy (non-hydrogen) atoms. The van der Waals surface area contributed by atoms with Gasteiger partial charge in [0, 0.05) is 34.9 Å². The fraction of sp³-hybridized carbons (Fsp3) is 1.00. The first-order chi connectivity index (χ1) is 11.4. The van der Waals surface area contributed by atoms with Gasteiger partial charge in [0.15, 0.2) is 12.1 Å². The van der Waals surface area contributed by atoms with Crippen molar-refractivity contribution in [2.75, 3.05) is 0 Å². The summed E-state index contributed by atoms with van der Waals surface area (Å²) >= 11 is -0.427. The molecule has 0 aliphatic heterocycles. The molecular formula is C10H5F16I. The van der Waals surface area contributed by atoms with Crippen molar-refractivity contribution in [2.24, 2.45) is 11.8 Å². The maximum absolute atomic E-state index is 13.5. The summed E-state index contributed by atoms with van der Waals surface area (Å²) in [6.45, 7) is 0. The van der Waals surface area contributed by atoms with Crippen molar-refractivity contribution in [2.45, 2.75) is 46.9 Å². The highest BCUT2D eigenvalue weighted by Gasteiger charge is 2.76. The first kappa shape index (κ1) is 26.6. The van der Waals surface area contributed by atoms with Crippen molar-refractivity contribution in [3.8, 4) is 0 Å². The summed E-state index contributed by atoms with van der Waals surface area (Å²) in [5.41, 5.74) is -6.81. The van der Waals surface area contributed by atoms with E-state index in [4.69, 9.17) is 0 Å². The summed E-state index contributed by atoms with van der Waals surface area (Å²) in [6, 6.07) is 0. The second-order valence-electron chi connectivity index (χ2n) is 5.17. The Morgan fingerprint density at radius 3 is 1.07 bits per heavy atom. The van der Waals surface area contributed by atoms with E-state index in [0.717, 1.165) is 0 Å². The zero-order valence-electron chi connectivity index (χ0n) is 11.9. The molecule has 0 fully saturated rings. The predicted octanol–water partition coefficient (Wildman–Crippen LogP) is 6.93. The summed E-state index contributed by atoms with van der Waals surface area (Å²) in [4.78, 5) is 0. The molecule has 164 valence electrons. The highest BCUT2D eigenvalue weighted by Crippen LogP contribution is 2.56. The first-order valence-electron chi connectivity index (χ1n) is 6.04. The standard InChI is InChI=1S/C10H5F16I/c11-4(8(19,20)27)2(3(6(13,14)15)7(16,17)18)1-5(12,9(21,22)23)10(24,25)26/h2-4H,1H2. The van der Waals surface area contributed by atoms with Crippen LogP contribution in [0.1, 0.15) is 6.42 Å². The van der Waals surface area contributed by atoms with Gasteiger partial charge in [-0.2, -0.15) is 61.5 Å². The van der Waals surface area contributed by atoms with Crippen LogP contribution in [0.15, 0.2) is 0 Å². The Morgan fingerprint density at radius 1 is 0.593 bits per heavy atom. The summed E-state index contributed by atoms with van der Waals surface area (Å²) < 4.78 is 197. The highest BCUT2D eigenvalue weighted by molar-refractivity contribution is 14.1. The molecule has 0 aromatic carbocycles. The molecule has 0 radical (unpaired) electrons. The minimum Gasteiger partial charge on any atom is -0.240 e. The largest absolute Gasteiger partial charge is 0.431 e. The van der Waals surface area contributed by atoms with E-state index in [2.05, 4.69) is 0 Å². The van der Waals surface area contributed by atoms with Gasteiger partial charge in [-0.1, -0.05) is 0 Å². The molecule has 0 saturated carbocycles. The Labute approximate surface area is 152 Å².